The zero-order valence-electron chi connectivity index (χ0n) is 12.4. The van der Waals surface area contributed by atoms with Crippen molar-refractivity contribution in [3.8, 4) is 5.75 Å². The minimum Gasteiger partial charge on any atom is -0.491 e. The summed E-state index contributed by atoms with van der Waals surface area (Å²) >= 11 is 0. The van der Waals surface area contributed by atoms with Gasteiger partial charge in [-0.25, -0.2) is 0 Å². The van der Waals surface area contributed by atoms with Crippen LogP contribution >= 0.6 is 0 Å². The summed E-state index contributed by atoms with van der Waals surface area (Å²) in [7, 11) is 0. The van der Waals surface area contributed by atoms with Crippen molar-refractivity contribution in [1.29, 1.82) is 0 Å². The molecule has 0 radical (unpaired) electrons. The molecule has 0 saturated heterocycles. The van der Waals surface area contributed by atoms with Crippen LogP contribution in [0.25, 0.3) is 0 Å². The van der Waals surface area contributed by atoms with Gasteiger partial charge >= 0.3 is 0 Å². The summed E-state index contributed by atoms with van der Waals surface area (Å²) in [6.07, 6.45) is 1.30. The summed E-state index contributed by atoms with van der Waals surface area (Å²) in [6.45, 7) is 7.51. The molecule has 0 bridgehead atoms. The van der Waals surface area contributed by atoms with Crippen LogP contribution in [-0.4, -0.2) is 30.4 Å². The number of nitrogens with zero attached hydrogens (tertiary/aromatic N) is 1. The summed E-state index contributed by atoms with van der Waals surface area (Å²) in [4.78, 5) is 0. The molecule has 0 spiro atoms. The molecule has 20 heavy (non-hydrogen) atoms. The van der Waals surface area contributed by atoms with Crippen LogP contribution < -0.4 is 10.5 Å². The fraction of sp³-hybridized carbons (Fsp3) is 0.533. The monoisotopic (exact) mass is 280 g/mol. The lowest BCUT2D eigenvalue weighted by atomic mass is 10.1. The van der Waals surface area contributed by atoms with Crippen LogP contribution in [0.4, 0.5) is 0 Å². The minimum atomic E-state index is 0.0855. The van der Waals surface area contributed by atoms with Gasteiger partial charge in [0.15, 0.2) is 5.84 Å². The Labute approximate surface area is 120 Å². The maximum absolute atomic E-state index is 8.56. The van der Waals surface area contributed by atoms with Gasteiger partial charge in [-0.15, -0.1) is 0 Å². The first kappa shape index (κ1) is 16.3. The number of hydrogen-bond acceptors (Lipinski definition) is 4. The highest BCUT2D eigenvalue weighted by Gasteiger charge is 2.05. The van der Waals surface area contributed by atoms with E-state index in [1.807, 2.05) is 0 Å². The number of benzene rings is 1. The van der Waals surface area contributed by atoms with Crippen LogP contribution in [0.15, 0.2) is 29.4 Å². The molecular formula is C15H24N2O3. The molecule has 1 rings (SSSR count). The van der Waals surface area contributed by atoms with Crippen molar-refractivity contribution in [2.24, 2.45) is 16.8 Å². The number of hydrogen-bond donors (Lipinski definition) is 2. The maximum Gasteiger partial charge on any atom is 0.170 e. The number of ether oxygens (including phenoxy) is 2. The molecule has 3 N–H and O–H groups in total. The van der Waals surface area contributed by atoms with E-state index in [1.165, 1.54) is 0 Å². The fourth-order valence-corrected chi connectivity index (χ4v) is 1.92. The quantitative estimate of drug-likeness (QED) is 0.252. The Bertz CT molecular complexity index is 416. The molecule has 0 fully saturated rings. The third-order valence-corrected chi connectivity index (χ3v) is 2.82. The molecule has 5 heteroatoms. The zero-order chi connectivity index (χ0) is 15.0. The molecule has 1 unspecified atom stereocenters. The molecule has 1 aromatic carbocycles. The van der Waals surface area contributed by atoms with E-state index < -0.39 is 0 Å². The van der Waals surface area contributed by atoms with E-state index in [1.54, 1.807) is 24.3 Å². The summed E-state index contributed by atoms with van der Waals surface area (Å²) < 4.78 is 11.2. The first-order chi connectivity index (χ1) is 9.52. The Balaban J connectivity index is 2.29. The Hall–Kier alpha value is -1.75. The smallest absolute Gasteiger partial charge is 0.170 e. The van der Waals surface area contributed by atoms with E-state index >= 15 is 0 Å². The minimum absolute atomic E-state index is 0.0855. The predicted octanol–water partition coefficient (Wildman–Crippen LogP) is 2.61. The van der Waals surface area contributed by atoms with Crippen molar-refractivity contribution in [1.82, 2.24) is 0 Å². The third kappa shape index (κ3) is 5.93. The van der Waals surface area contributed by atoms with Gasteiger partial charge in [0.05, 0.1) is 12.7 Å². The number of rotatable bonds is 8. The lowest BCUT2D eigenvalue weighted by molar-refractivity contribution is 0.0331. The average molecular weight is 280 g/mol. The summed E-state index contributed by atoms with van der Waals surface area (Å²) in [5, 5.41) is 11.5. The van der Waals surface area contributed by atoms with E-state index in [0.29, 0.717) is 24.7 Å². The van der Waals surface area contributed by atoms with Gasteiger partial charge in [-0.05, 0) is 43.5 Å². The Kier molecular flexibility index (Phi) is 6.87. The third-order valence-electron chi connectivity index (χ3n) is 2.82. The largest absolute Gasteiger partial charge is 0.491 e. The van der Waals surface area contributed by atoms with Gasteiger partial charge in [-0.2, -0.15) is 0 Å². The Morgan fingerprint density at radius 2 is 1.85 bits per heavy atom. The van der Waals surface area contributed by atoms with E-state index in [-0.39, 0.29) is 11.9 Å². The number of oxime groups is 1. The number of amidine groups is 1. The normalized spacial score (nSPS) is 13.5. The Morgan fingerprint density at radius 3 is 2.40 bits per heavy atom. The van der Waals surface area contributed by atoms with Gasteiger partial charge in [0.1, 0.15) is 12.4 Å². The second-order valence-corrected chi connectivity index (χ2v) is 5.17. The van der Waals surface area contributed by atoms with Crippen molar-refractivity contribution >= 4 is 5.84 Å². The summed E-state index contributed by atoms with van der Waals surface area (Å²) in [5.41, 5.74) is 6.13. The SMILES string of the molecule is CC(C)CC(C)OCCOc1ccc(C(N)=NO)cc1. The van der Waals surface area contributed by atoms with Crippen LogP contribution in [0.1, 0.15) is 32.8 Å². The standard InChI is InChI=1S/C15H24N2O3/c1-11(2)10-12(3)19-8-9-20-14-6-4-13(5-7-14)15(16)17-18/h4-7,11-12,18H,8-10H2,1-3H3,(H2,16,17). The highest BCUT2D eigenvalue weighted by Crippen LogP contribution is 2.12. The van der Waals surface area contributed by atoms with Crippen LogP contribution in [0.5, 0.6) is 5.75 Å². The van der Waals surface area contributed by atoms with Crippen LogP contribution in [0.3, 0.4) is 0 Å². The molecule has 0 aliphatic carbocycles. The molecule has 0 saturated carbocycles. The van der Waals surface area contributed by atoms with Crippen molar-refractivity contribution in [2.45, 2.75) is 33.3 Å². The first-order valence-electron chi connectivity index (χ1n) is 6.85. The van der Waals surface area contributed by atoms with Gasteiger partial charge < -0.3 is 20.4 Å². The average Bonchev–Trinajstić information content (AvgIpc) is 2.42. The van der Waals surface area contributed by atoms with Gasteiger partial charge in [-0.3, -0.25) is 0 Å². The molecule has 5 nitrogen and oxygen atoms in total. The lowest BCUT2D eigenvalue weighted by Crippen LogP contribution is -2.16. The van der Waals surface area contributed by atoms with Gasteiger partial charge in [0, 0.05) is 5.56 Å². The molecule has 112 valence electrons. The number of nitrogens with two attached hydrogens (primary N) is 1. The highest BCUT2D eigenvalue weighted by molar-refractivity contribution is 5.97. The van der Waals surface area contributed by atoms with E-state index in [2.05, 4.69) is 25.9 Å². The van der Waals surface area contributed by atoms with E-state index in [0.717, 1.165) is 12.2 Å². The van der Waals surface area contributed by atoms with E-state index in [4.69, 9.17) is 20.4 Å². The van der Waals surface area contributed by atoms with Crippen molar-refractivity contribution in [3.05, 3.63) is 29.8 Å². The van der Waals surface area contributed by atoms with Gasteiger partial charge in [-0.1, -0.05) is 19.0 Å². The molecule has 1 aromatic rings. The highest BCUT2D eigenvalue weighted by atomic mass is 16.5. The lowest BCUT2D eigenvalue weighted by Gasteiger charge is -2.15. The molecular weight excluding hydrogens is 256 g/mol. The fourth-order valence-electron chi connectivity index (χ4n) is 1.92. The zero-order valence-corrected chi connectivity index (χ0v) is 12.4. The van der Waals surface area contributed by atoms with Crippen LogP contribution in [0.2, 0.25) is 0 Å². The first-order valence-corrected chi connectivity index (χ1v) is 6.85. The van der Waals surface area contributed by atoms with Crippen molar-refractivity contribution in [2.75, 3.05) is 13.2 Å². The van der Waals surface area contributed by atoms with E-state index in [9.17, 15) is 0 Å². The topological polar surface area (TPSA) is 77.1 Å². The van der Waals surface area contributed by atoms with Crippen molar-refractivity contribution < 1.29 is 14.7 Å². The molecule has 0 aliphatic heterocycles. The van der Waals surface area contributed by atoms with Crippen molar-refractivity contribution in [3.63, 3.8) is 0 Å². The predicted molar refractivity (Wildman–Crippen MR) is 79.3 cm³/mol. The molecule has 0 heterocycles. The maximum atomic E-state index is 8.56. The molecule has 1 atom stereocenters. The second-order valence-electron chi connectivity index (χ2n) is 5.17. The van der Waals surface area contributed by atoms with Gasteiger partial charge in [0.2, 0.25) is 0 Å². The summed E-state index contributed by atoms with van der Waals surface area (Å²) in [5.74, 6) is 1.46. The van der Waals surface area contributed by atoms with Crippen LogP contribution in [-0.2, 0) is 4.74 Å². The Morgan fingerprint density at radius 1 is 1.20 bits per heavy atom. The van der Waals surface area contributed by atoms with Crippen LogP contribution in [0, 0.1) is 5.92 Å². The summed E-state index contributed by atoms with van der Waals surface area (Å²) in [6, 6.07) is 7.05. The van der Waals surface area contributed by atoms with Gasteiger partial charge in [0.25, 0.3) is 0 Å². The molecule has 0 aliphatic rings. The second kappa shape index (κ2) is 8.43. The molecule has 0 amide bonds. The molecule has 0 aromatic heterocycles.